The van der Waals surface area contributed by atoms with Crippen molar-refractivity contribution in [3.05, 3.63) is 76.0 Å². The summed E-state index contributed by atoms with van der Waals surface area (Å²) in [6.45, 7) is 4.31. The van der Waals surface area contributed by atoms with Gasteiger partial charge in [-0.2, -0.15) is 0 Å². The highest BCUT2D eigenvalue weighted by Crippen LogP contribution is 2.27. The molecule has 0 aliphatic carbocycles. The minimum atomic E-state index is -0.239. The Morgan fingerprint density at radius 3 is 2.57 bits per heavy atom. The number of aromatic nitrogens is 5. The van der Waals surface area contributed by atoms with Crippen LogP contribution in [0.1, 0.15) is 0 Å². The van der Waals surface area contributed by atoms with E-state index in [-0.39, 0.29) is 5.56 Å². The first-order valence-electron chi connectivity index (χ1n) is 8.71. The summed E-state index contributed by atoms with van der Waals surface area (Å²) in [5.74, 6) is 0.497. The third-order valence-electron chi connectivity index (χ3n) is 4.61. The first kappa shape index (κ1) is 16.8. The number of rotatable bonds is 3. The van der Waals surface area contributed by atoms with E-state index in [9.17, 15) is 4.79 Å². The second kappa shape index (κ2) is 6.38. The van der Waals surface area contributed by atoms with Crippen molar-refractivity contribution in [1.29, 1.82) is 0 Å². The van der Waals surface area contributed by atoms with Crippen LogP contribution in [0, 0.1) is 0 Å². The van der Waals surface area contributed by atoms with Crippen molar-refractivity contribution in [2.24, 2.45) is 0 Å². The average Bonchev–Trinajstić information content (AvgIpc) is 3.00. The highest BCUT2D eigenvalue weighted by molar-refractivity contribution is 9.10. The summed E-state index contributed by atoms with van der Waals surface area (Å²) < 4.78 is 2.79. The van der Waals surface area contributed by atoms with E-state index in [4.69, 9.17) is 15.0 Å². The third kappa shape index (κ3) is 2.55. The van der Waals surface area contributed by atoms with Gasteiger partial charge in [0.25, 0.3) is 5.56 Å². The van der Waals surface area contributed by atoms with Crippen LogP contribution in [0.2, 0.25) is 0 Å². The Morgan fingerprint density at radius 2 is 1.82 bits per heavy atom. The van der Waals surface area contributed by atoms with Crippen molar-refractivity contribution < 1.29 is 0 Å². The van der Waals surface area contributed by atoms with Gasteiger partial charge in [0.05, 0.1) is 11.0 Å². The predicted octanol–water partition coefficient (Wildman–Crippen LogP) is 4.44. The fourth-order valence-corrected chi connectivity index (χ4v) is 3.79. The van der Waals surface area contributed by atoms with Crippen LogP contribution in [0.5, 0.6) is 0 Å². The maximum atomic E-state index is 13.0. The quantitative estimate of drug-likeness (QED) is 0.428. The minimum absolute atomic E-state index is 0.239. The van der Waals surface area contributed by atoms with E-state index >= 15 is 0 Å². The van der Waals surface area contributed by atoms with Gasteiger partial charge in [-0.1, -0.05) is 46.3 Å². The number of nitrogens with one attached hydrogen (secondary N) is 1. The van der Waals surface area contributed by atoms with Crippen LogP contribution in [0.4, 0.5) is 0 Å². The maximum Gasteiger partial charge on any atom is 0.262 e. The first-order valence-corrected chi connectivity index (χ1v) is 9.51. The normalized spacial score (nSPS) is 11.5. The molecule has 0 aliphatic heterocycles. The molecule has 7 heteroatoms. The Labute approximate surface area is 167 Å². The van der Waals surface area contributed by atoms with E-state index < -0.39 is 0 Å². The zero-order chi connectivity index (χ0) is 19.3. The summed E-state index contributed by atoms with van der Waals surface area (Å²) in [6.07, 6.45) is 1.76. The lowest BCUT2D eigenvalue weighted by Crippen LogP contribution is -2.10. The van der Waals surface area contributed by atoms with Crippen LogP contribution in [0.15, 0.2) is 70.5 Å². The van der Waals surface area contributed by atoms with Crippen molar-refractivity contribution in [3.8, 4) is 11.4 Å². The molecule has 0 aliphatic rings. The van der Waals surface area contributed by atoms with Crippen LogP contribution in [0.25, 0.3) is 44.6 Å². The SMILES string of the molecule is C=CCn1c2nc3ccccc3nc2c2c(=O)[nH]c(-c3cccc(Br)c3)nc21. The van der Waals surface area contributed by atoms with E-state index in [1.54, 1.807) is 6.08 Å². The fraction of sp³-hybridized carbons (Fsp3) is 0.0476. The lowest BCUT2D eigenvalue weighted by molar-refractivity contribution is 0.870. The van der Waals surface area contributed by atoms with E-state index in [0.717, 1.165) is 21.1 Å². The molecule has 5 aromatic rings. The van der Waals surface area contributed by atoms with Crippen molar-refractivity contribution >= 4 is 49.2 Å². The van der Waals surface area contributed by atoms with Crippen LogP contribution >= 0.6 is 15.9 Å². The maximum absolute atomic E-state index is 13.0. The molecular formula is C21H14BrN5O. The lowest BCUT2D eigenvalue weighted by Gasteiger charge is -2.05. The number of allylic oxidation sites excluding steroid dienone is 1. The molecule has 1 N–H and O–H groups in total. The standard InChI is InChI=1S/C21H14BrN5O/c1-2-10-27-19-16(17-20(27)24-15-9-4-3-8-14(15)23-17)21(28)26-18(25-19)12-6-5-7-13(22)11-12/h2-9,11H,1,10H2,(H,25,26,28). The zero-order valence-corrected chi connectivity index (χ0v) is 16.3. The summed E-state index contributed by atoms with van der Waals surface area (Å²) in [5.41, 5.74) is 3.80. The van der Waals surface area contributed by atoms with Crippen molar-refractivity contribution in [3.63, 3.8) is 0 Å². The van der Waals surface area contributed by atoms with E-state index in [1.807, 2.05) is 53.1 Å². The molecule has 0 saturated heterocycles. The Hall–Kier alpha value is -3.32. The number of hydrogen-bond donors (Lipinski definition) is 1. The van der Waals surface area contributed by atoms with Crippen LogP contribution in [0.3, 0.4) is 0 Å². The van der Waals surface area contributed by atoms with Gasteiger partial charge in [-0.3, -0.25) is 4.79 Å². The number of H-pyrrole nitrogens is 1. The Balaban J connectivity index is 1.92. The largest absolute Gasteiger partial charge is 0.306 e. The first-order chi connectivity index (χ1) is 13.7. The fourth-order valence-electron chi connectivity index (χ4n) is 3.39. The van der Waals surface area contributed by atoms with Crippen molar-refractivity contribution in [2.75, 3.05) is 0 Å². The molecule has 3 heterocycles. The molecule has 0 spiro atoms. The topological polar surface area (TPSA) is 76.5 Å². The van der Waals surface area contributed by atoms with E-state index in [0.29, 0.717) is 34.6 Å². The summed E-state index contributed by atoms with van der Waals surface area (Å²) in [6, 6.07) is 15.3. The van der Waals surface area contributed by atoms with Crippen LogP contribution < -0.4 is 5.56 Å². The molecule has 0 saturated carbocycles. The molecular weight excluding hydrogens is 418 g/mol. The molecule has 6 nitrogen and oxygen atoms in total. The molecule has 0 fully saturated rings. The monoisotopic (exact) mass is 431 g/mol. The second-order valence-electron chi connectivity index (χ2n) is 6.41. The summed E-state index contributed by atoms with van der Waals surface area (Å²) >= 11 is 3.46. The number of aromatic amines is 1. The van der Waals surface area contributed by atoms with Gasteiger partial charge in [-0.15, -0.1) is 6.58 Å². The third-order valence-corrected chi connectivity index (χ3v) is 5.10. The molecule has 136 valence electrons. The van der Waals surface area contributed by atoms with Crippen LogP contribution in [-0.2, 0) is 6.54 Å². The number of benzene rings is 2. The van der Waals surface area contributed by atoms with Gasteiger partial charge in [0.2, 0.25) is 0 Å². The summed E-state index contributed by atoms with van der Waals surface area (Å²) in [5, 5.41) is 0.439. The predicted molar refractivity (Wildman–Crippen MR) is 114 cm³/mol. The molecule has 0 bridgehead atoms. The molecule has 0 atom stereocenters. The molecule has 5 rings (SSSR count). The Bertz CT molecular complexity index is 1450. The Morgan fingerprint density at radius 1 is 1.04 bits per heavy atom. The van der Waals surface area contributed by atoms with Gasteiger partial charge in [0.15, 0.2) is 11.3 Å². The average molecular weight is 432 g/mol. The minimum Gasteiger partial charge on any atom is -0.306 e. The molecule has 2 aromatic carbocycles. The van der Waals surface area contributed by atoms with Gasteiger partial charge in [-0.25, -0.2) is 15.0 Å². The molecule has 28 heavy (non-hydrogen) atoms. The van der Waals surface area contributed by atoms with Gasteiger partial charge in [0.1, 0.15) is 16.7 Å². The zero-order valence-electron chi connectivity index (χ0n) is 14.7. The molecule has 3 aromatic heterocycles. The number of para-hydroxylation sites is 2. The van der Waals surface area contributed by atoms with Crippen LogP contribution in [-0.4, -0.2) is 24.5 Å². The van der Waals surface area contributed by atoms with Crippen molar-refractivity contribution in [2.45, 2.75) is 6.54 Å². The van der Waals surface area contributed by atoms with E-state index in [1.165, 1.54) is 0 Å². The number of fused-ring (bicyclic) bond motifs is 4. The molecule has 0 radical (unpaired) electrons. The number of hydrogen-bond acceptors (Lipinski definition) is 4. The highest BCUT2D eigenvalue weighted by atomic mass is 79.9. The van der Waals surface area contributed by atoms with E-state index in [2.05, 4.69) is 27.5 Å². The molecule has 0 amide bonds. The summed E-state index contributed by atoms with van der Waals surface area (Å²) in [4.78, 5) is 30.1. The van der Waals surface area contributed by atoms with Gasteiger partial charge in [0, 0.05) is 16.6 Å². The highest BCUT2D eigenvalue weighted by Gasteiger charge is 2.19. The number of nitrogens with zero attached hydrogens (tertiary/aromatic N) is 4. The second-order valence-corrected chi connectivity index (χ2v) is 7.32. The van der Waals surface area contributed by atoms with Gasteiger partial charge >= 0.3 is 0 Å². The lowest BCUT2D eigenvalue weighted by atomic mass is 10.2. The van der Waals surface area contributed by atoms with Crippen molar-refractivity contribution in [1.82, 2.24) is 24.5 Å². The molecule has 0 unspecified atom stereocenters. The van der Waals surface area contributed by atoms with Gasteiger partial charge in [-0.05, 0) is 24.3 Å². The van der Waals surface area contributed by atoms with Gasteiger partial charge < -0.3 is 9.55 Å². The Kier molecular flexibility index (Phi) is 3.84. The smallest absolute Gasteiger partial charge is 0.262 e. The number of halogens is 1. The summed E-state index contributed by atoms with van der Waals surface area (Å²) in [7, 11) is 0.